The van der Waals surface area contributed by atoms with Crippen molar-refractivity contribution in [1.82, 2.24) is 4.90 Å². The van der Waals surface area contributed by atoms with Gasteiger partial charge in [-0.3, -0.25) is 4.90 Å². The van der Waals surface area contributed by atoms with Crippen LogP contribution in [0.25, 0.3) is 0 Å². The Morgan fingerprint density at radius 1 is 1.63 bits per heavy atom. The standard InChI is InChI=1S/C13H11BrClN3O/c1-3-7(2)18-11(12(16)17-13(18)19)9-6-8(15)4-5-10(9)14/h1,4-7,11H,2H3,(H2,16,17,19). The van der Waals surface area contributed by atoms with Gasteiger partial charge in [0.25, 0.3) is 0 Å². The second-order valence-electron chi connectivity index (χ2n) is 4.14. The zero-order chi connectivity index (χ0) is 14.2. The van der Waals surface area contributed by atoms with Gasteiger partial charge in [-0.2, -0.15) is 4.99 Å². The minimum atomic E-state index is -0.494. The fraction of sp³-hybridized carbons (Fsp3) is 0.231. The van der Waals surface area contributed by atoms with Crippen molar-refractivity contribution in [3.05, 3.63) is 33.3 Å². The summed E-state index contributed by atoms with van der Waals surface area (Å²) in [6.07, 6.45) is 5.39. The molecule has 1 aromatic rings. The maximum atomic E-state index is 11.9. The number of urea groups is 1. The van der Waals surface area contributed by atoms with Crippen LogP contribution in [0.1, 0.15) is 18.5 Å². The Balaban J connectivity index is 2.52. The zero-order valence-electron chi connectivity index (χ0n) is 10.1. The average Bonchev–Trinajstić information content (AvgIpc) is 2.66. The van der Waals surface area contributed by atoms with Crippen LogP contribution in [-0.2, 0) is 0 Å². The van der Waals surface area contributed by atoms with Crippen molar-refractivity contribution < 1.29 is 4.79 Å². The summed E-state index contributed by atoms with van der Waals surface area (Å²) in [5.41, 5.74) is 6.62. The van der Waals surface area contributed by atoms with Crippen LogP contribution >= 0.6 is 27.5 Å². The predicted molar refractivity (Wildman–Crippen MR) is 79.0 cm³/mol. The molecule has 2 atom stereocenters. The van der Waals surface area contributed by atoms with Gasteiger partial charge in [0.1, 0.15) is 11.9 Å². The molecular formula is C13H11BrClN3O. The summed E-state index contributed by atoms with van der Waals surface area (Å²) in [7, 11) is 0. The Labute approximate surface area is 124 Å². The molecule has 1 heterocycles. The summed E-state index contributed by atoms with van der Waals surface area (Å²) in [6, 6.07) is 3.95. The van der Waals surface area contributed by atoms with E-state index in [0.717, 1.165) is 10.0 Å². The highest BCUT2D eigenvalue weighted by Gasteiger charge is 2.38. The van der Waals surface area contributed by atoms with E-state index in [1.54, 1.807) is 25.1 Å². The number of aliphatic imine (C=N–C) groups is 1. The van der Waals surface area contributed by atoms with E-state index in [-0.39, 0.29) is 5.84 Å². The van der Waals surface area contributed by atoms with Gasteiger partial charge in [0.2, 0.25) is 0 Å². The third-order valence-electron chi connectivity index (χ3n) is 2.92. The molecule has 2 N–H and O–H groups in total. The van der Waals surface area contributed by atoms with Gasteiger partial charge >= 0.3 is 6.03 Å². The lowest BCUT2D eigenvalue weighted by molar-refractivity contribution is 0.199. The van der Waals surface area contributed by atoms with E-state index in [2.05, 4.69) is 26.8 Å². The molecule has 1 aliphatic heterocycles. The molecule has 1 aliphatic rings. The number of nitrogens with two attached hydrogens (primary N) is 1. The highest BCUT2D eigenvalue weighted by atomic mass is 79.9. The first kappa shape index (κ1) is 13.9. The number of terminal acetylenes is 1. The number of amides is 2. The van der Waals surface area contributed by atoms with Gasteiger partial charge in [-0.15, -0.1) is 6.42 Å². The van der Waals surface area contributed by atoms with Crippen LogP contribution in [0, 0.1) is 12.3 Å². The molecule has 1 aromatic carbocycles. The first-order chi connectivity index (χ1) is 8.95. The molecule has 19 heavy (non-hydrogen) atoms. The van der Waals surface area contributed by atoms with E-state index in [1.807, 2.05) is 0 Å². The minimum absolute atomic E-state index is 0.218. The van der Waals surface area contributed by atoms with Crippen molar-refractivity contribution >= 4 is 39.4 Å². The minimum Gasteiger partial charge on any atom is -0.385 e. The van der Waals surface area contributed by atoms with Gasteiger partial charge in [-0.1, -0.05) is 33.5 Å². The SMILES string of the molecule is C#CC(C)N1C(=O)N=C(N)C1c1cc(Cl)ccc1Br. The van der Waals surface area contributed by atoms with Gasteiger partial charge in [0.15, 0.2) is 0 Å². The fourth-order valence-corrected chi connectivity index (χ4v) is 2.63. The molecule has 6 heteroatoms. The highest BCUT2D eigenvalue weighted by Crippen LogP contribution is 2.34. The normalized spacial score (nSPS) is 20.1. The van der Waals surface area contributed by atoms with Gasteiger partial charge in [-0.05, 0) is 30.7 Å². The lowest BCUT2D eigenvalue weighted by Crippen LogP contribution is -2.39. The lowest BCUT2D eigenvalue weighted by atomic mass is 10.0. The number of nitrogens with zero attached hydrogens (tertiary/aromatic N) is 2. The van der Waals surface area contributed by atoms with E-state index in [9.17, 15) is 4.79 Å². The maximum absolute atomic E-state index is 11.9. The molecule has 0 aromatic heterocycles. The van der Waals surface area contributed by atoms with Crippen LogP contribution in [0.15, 0.2) is 27.7 Å². The molecule has 0 aliphatic carbocycles. The lowest BCUT2D eigenvalue weighted by Gasteiger charge is -2.28. The third kappa shape index (κ3) is 2.46. The summed E-state index contributed by atoms with van der Waals surface area (Å²) < 4.78 is 0.795. The predicted octanol–water partition coefficient (Wildman–Crippen LogP) is 2.96. The van der Waals surface area contributed by atoms with Crippen molar-refractivity contribution in [3.8, 4) is 12.3 Å². The van der Waals surface area contributed by atoms with Crippen molar-refractivity contribution in [2.75, 3.05) is 0 Å². The first-order valence-corrected chi connectivity index (χ1v) is 6.70. The van der Waals surface area contributed by atoms with E-state index in [0.29, 0.717) is 5.02 Å². The molecule has 0 bridgehead atoms. The molecule has 4 nitrogen and oxygen atoms in total. The summed E-state index contributed by atoms with van der Waals surface area (Å²) in [4.78, 5) is 17.1. The Kier molecular flexibility index (Phi) is 3.83. The largest absolute Gasteiger partial charge is 0.385 e. The molecule has 0 saturated carbocycles. The van der Waals surface area contributed by atoms with Crippen LogP contribution in [-0.4, -0.2) is 22.8 Å². The number of rotatable bonds is 2. The van der Waals surface area contributed by atoms with Gasteiger partial charge in [-0.25, -0.2) is 4.79 Å². The number of amidine groups is 1. The number of hydrogen-bond acceptors (Lipinski definition) is 2. The second-order valence-corrected chi connectivity index (χ2v) is 5.43. The first-order valence-electron chi connectivity index (χ1n) is 5.53. The van der Waals surface area contributed by atoms with Crippen LogP contribution in [0.4, 0.5) is 4.79 Å². The summed E-state index contributed by atoms with van der Waals surface area (Å²) in [6.45, 7) is 1.75. The smallest absolute Gasteiger partial charge is 0.347 e. The number of carbonyl (C=O) groups is 1. The Morgan fingerprint density at radius 2 is 2.32 bits per heavy atom. The van der Waals surface area contributed by atoms with E-state index in [1.165, 1.54) is 4.90 Å². The Morgan fingerprint density at radius 3 is 2.95 bits per heavy atom. The zero-order valence-corrected chi connectivity index (χ0v) is 12.4. The van der Waals surface area contributed by atoms with Crippen molar-refractivity contribution in [3.63, 3.8) is 0 Å². The average molecular weight is 341 g/mol. The van der Waals surface area contributed by atoms with Gasteiger partial charge < -0.3 is 5.73 Å². The quantitative estimate of drug-likeness (QED) is 0.842. The maximum Gasteiger partial charge on any atom is 0.347 e. The molecule has 2 amide bonds. The molecule has 98 valence electrons. The van der Waals surface area contributed by atoms with Crippen molar-refractivity contribution in [2.45, 2.75) is 19.0 Å². The fourth-order valence-electron chi connectivity index (χ4n) is 1.99. The molecule has 0 fully saturated rings. The number of hydrogen-bond donors (Lipinski definition) is 1. The summed E-state index contributed by atoms with van der Waals surface area (Å²) >= 11 is 9.42. The number of halogens is 2. The van der Waals surface area contributed by atoms with Crippen LogP contribution < -0.4 is 5.73 Å². The Hall–Kier alpha value is -1.51. The van der Waals surface area contributed by atoms with E-state index < -0.39 is 18.1 Å². The summed E-state index contributed by atoms with van der Waals surface area (Å²) in [5.74, 6) is 2.74. The molecule has 2 unspecified atom stereocenters. The summed E-state index contributed by atoms with van der Waals surface area (Å²) in [5, 5.41) is 0.554. The van der Waals surface area contributed by atoms with Crippen molar-refractivity contribution in [1.29, 1.82) is 0 Å². The van der Waals surface area contributed by atoms with E-state index >= 15 is 0 Å². The topological polar surface area (TPSA) is 58.7 Å². The van der Waals surface area contributed by atoms with Crippen LogP contribution in [0.3, 0.4) is 0 Å². The van der Waals surface area contributed by atoms with Crippen LogP contribution in [0.2, 0.25) is 5.02 Å². The highest BCUT2D eigenvalue weighted by molar-refractivity contribution is 9.10. The van der Waals surface area contributed by atoms with Crippen LogP contribution in [0.5, 0.6) is 0 Å². The third-order valence-corrected chi connectivity index (χ3v) is 3.87. The second kappa shape index (κ2) is 5.24. The molecule has 0 spiro atoms. The van der Waals surface area contributed by atoms with Gasteiger partial charge in [0.05, 0.1) is 6.04 Å². The number of benzene rings is 1. The van der Waals surface area contributed by atoms with Crippen molar-refractivity contribution in [2.24, 2.45) is 10.7 Å². The molecular weight excluding hydrogens is 330 g/mol. The number of carbonyl (C=O) groups excluding carboxylic acids is 1. The molecule has 2 rings (SSSR count). The molecule has 0 radical (unpaired) electrons. The monoisotopic (exact) mass is 339 g/mol. The molecule has 0 saturated heterocycles. The van der Waals surface area contributed by atoms with E-state index in [4.69, 9.17) is 23.8 Å². The van der Waals surface area contributed by atoms with Gasteiger partial charge in [0, 0.05) is 9.50 Å². The Bertz CT molecular complexity index is 608.